The number of rotatable bonds is 16. The SMILES string of the molecule is O=C(C=C(c1cc2cc([N+](=O)[O-])ccc2n1S(=O)(=O)c1ccccc1)C1CCN(Cc2ccccc2)CC1)C=C(c1cc2cc([N+](=O)[O-])ccc2n1S(=O)(=O)c1ccccc1)C1CCN(Cc2ccccc2)CC1. The lowest BCUT2D eigenvalue weighted by Crippen LogP contribution is -2.34. The van der Waals surface area contributed by atoms with E-state index in [2.05, 4.69) is 34.1 Å². The molecule has 15 nitrogen and oxygen atoms in total. The summed E-state index contributed by atoms with van der Waals surface area (Å²) in [5.41, 5.74) is 3.37. The first-order valence-electron chi connectivity index (χ1n) is 24.5. The number of nitrogens with zero attached hydrogens (tertiary/aromatic N) is 6. The Hall–Kier alpha value is -7.83. The number of nitro benzene ring substituents is 2. The third-order valence-corrected chi connectivity index (χ3v) is 17.7. The molecule has 376 valence electrons. The van der Waals surface area contributed by atoms with Crippen molar-refractivity contribution in [2.24, 2.45) is 11.8 Å². The highest BCUT2D eigenvalue weighted by Gasteiger charge is 2.34. The van der Waals surface area contributed by atoms with Gasteiger partial charge < -0.3 is 0 Å². The number of nitro groups is 2. The Kier molecular flexibility index (Phi) is 14.1. The summed E-state index contributed by atoms with van der Waals surface area (Å²) in [5.74, 6) is -1.26. The van der Waals surface area contributed by atoms with E-state index in [1.165, 1.54) is 80.8 Å². The quantitative estimate of drug-likeness (QED) is 0.0509. The standard InChI is InChI=1S/C57H52N6O9S2/c64-49(37-52(43-25-29-58(30-26-43)39-41-13-5-1-6-14-41)56-35-45-33-47(62(65)66)21-23-54(45)60(56)73(69,70)50-17-9-3-10-18-50)38-53(44-27-31-59(32-28-44)40-42-15-7-2-8-16-42)57-36-46-34-48(63(67)68)22-24-55(46)61(57)74(71,72)51-19-11-4-12-20-51/h1-24,33-38,43-44H,25-32,39-40H2. The third-order valence-electron chi connectivity index (χ3n) is 14.2. The summed E-state index contributed by atoms with van der Waals surface area (Å²) in [6, 6.07) is 47.1. The Morgan fingerprint density at radius 1 is 0.486 bits per heavy atom. The van der Waals surface area contributed by atoms with Gasteiger partial charge in [0.1, 0.15) is 0 Å². The van der Waals surface area contributed by atoms with Crippen LogP contribution >= 0.6 is 0 Å². The zero-order valence-corrected chi connectivity index (χ0v) is 41.9. The Labute approximate surface area is 428 Å². The number of non-ortho nitro benzene ring substituents is 2. The molecule has 0 atom stereocenters. The van der Waals surface area contributed by atoms with Crippen LogP contribution in [0.2, 0.25) is 0 Å². The van der Waals surface area contributed by atoms with E-state index in [9.17, 15) is 37.1 Å². The fourth-order valence-corrected chi connectivity index (χ4v) is 13.6. The van der Waals surface area contributed by atoms with Crippen LogP contribution in [-0.4, -0.2) is 76.4 Å². The number of aromatic nitrogens is 2. The minimum atomic E-state index is -4.39. The molecule has 0 N–H and O–H groups in total. The van der Waals surface area contributed by atoms with Crippen molar-refractivity contribution in [1.29, 1.82) is 0 Å². The highest BCUT2D eigenvalue weighted by atomic mass is 32.2. The van der Waals surface area contributed by atoms with E-state index >= 15 is 4.79 Å². The van der Waals surface area contributed by atoms with Crippen molar-refractivity contribution in [1.82, 2.24) is 17.7 Å². The number of benzene rings is 6. The fraction of sp³-hybridized carbons (Fsp3) is 0.211. The number of piperidine rings is 2. The first-order valence-corrected chi connectivity index (χ1v) is 27.3. The van der Waals surface area contributed by atoms with Gasteiger partial charge in [-0.05, 0) is 147 Å². The van der Waals surface area contributed by atoms with Crippen molar-refractivity contribution in [2.45, 2.75) is 48.6 Å². The van der Waals surface area contributed by atoms with Crippen molar-refractivity contribution in [2.75, 3.05) is 26.2 Å². The number of allylic oxidation sites excluding steroid dienone is 4. The molecule has 4 heterocycles. The first-order chi connectivity index (χ1) is 35.7. The van der Waals surface area contributed by atoms with Gasteiger partial charge in [0.15, 0.2) is 5.78 Å². The van der Waals surface area contributed by atoms with Gasteiger partial charge in [-0.3, -0.25) is 34.8 Å². The summed E-state index contributed by atoms with van der Waals surface area (Å²) in [7, 11) is -8.79. The number of hydrogen-bond donors (Lipinski definition) is 0. The van der Waals surface area contributed by atoms with Crippen molar-refractivity contribution < 1.29 is 31.5 Å². The molecule has 6 aromatic carbocycles. The van der Waals surface area contributed by atoms with Gasteiger partial charge in [0.05, 0.1) is 42.1 Å². The molecule has 0 amide bonds. The maximum absolute atomic E-state index is 15.4. The minimum Gasteiger partial charge on any atom is -0.299 e. The van der Waals surface area contributed by atoms with Crippen molar-refractivity contribution in [3.8, 4) is 0 Å². The minimum absolute atomic E-state index is 0.0195. The van der Waals surface area contributed by atoms with Crippen molar-refractivity contribution in [3.05, 3.63) is 225 Å². The summed E-state index contributed by atoms with van der Waals surface area (Å²) in [5, 5.41) is 24.8. The molecule has 2 fully saturated rings. The summed E-state index contributed by atoms with van der Waals surface area (Å²) < 4.78 is 62.3. The second kappa shape index (κ2) is 21.0. The third kappa shape index (κ3) is 10.2. The summed E-state index contributed by atoms with van der Waals surface area (Å²) in [6.45, 7) is 3.86. The van der Waals surface area contributed by atoms with E-state index in [-0.39, 0.29) is 66.2 Å². The Bertz CT molecular complexity index is 3450. The normalized spacial score (nSPS) is 15.9. The van der Waals surface area contributed by atoms with Crippen LogP contribution in [0.1, 0.15) is 48.2 Å². The van der Waals surface area contributed by atoms with Crippen LogP contribution in [0.25, 0.3) is 33.0 Å². The van der Waals surface area contributed by atoms with Crippen molar-refractivity contribution in [3.63, 3.8) is 0 Å². The van der Waals surface area contributed by atoms with Gasteiger partial charge in [0.2, 0.25) is 0 Å². The summed E-state index contributed by atoms with van der Waals surface area (Å²) >= 11 is 0. The second-order valence-corrected chi connectivity index (χ2v) is 22.5. The number of carbonyl (C=O) groups excluding carboxylic acids is 1. The Morgan fingerprint density at radius 3 is 1.16 bits per heavy atom. The molecule has 17 heteroatoms. The highest BCUT2D eigenvalue weighted by molar-refractivity contribution is 7.90. The maximum Gasteiger partial charge on any atom is 0.270 e. The van der Waals surface area contributed by atoms with Crippen LogP contribution in [0.4, 0.5) is 11.4 Å². The van der Waals surface area contributed by atoms with Gasteiger partial charge in [-0.25, -0.2) is 24.8 Å². The Balaban J connectivity index is 1.15. The zero-order chi connectivity index (χ0) is 51.6. The van der Waals surface area contributed by atoms with Crippen LogP contribution in [-0.2, 0) is 37.9 Å². The second-order valence-electron chi connectivity index (χ2n) is 18.9. The lowest BCUT2D eigenvalue weighted by Gasteiger charge is -2.34. The molecule has 10 rings (SSSR count). The molecule has 8 aromatic rings. The molecule has 0 radical (unpaired) electrons. The lowest BCUT2D eigenvalue weighted by atomic mass is 9.84. The van der Waals surface area contributed by atoms with Crippen molar-refractivity contribution >= 4 is 70.2 Å². The molecule has 0 spiro atoms. The molecule has 74 heavy (non-hydrogen) atoms. The number of fused-ring (bicyclic) bond motifs is 2. The molecule has 2 aliphatic rings. The molecule has 2 aliphatic heterocycles. The monoisotopic (exact) mass is 1030 g/mol. The molecule has 0 bridgehead atoms. The van der Waals surface area contributed by atoms with E-state index in [0.717, 1.165) is 11.1 Å². The van der Waals surface area contributed by atoms with Gasteiger partial charge in [-0.2, -0.15) is 0 Å². The largest absolute Gasteiger partial charge is 0.299 e. The zero-order valence-electron chi connectivity index (χ0n) is 40.2. The van der Waals surface area contributed by atoms with E-state index in [4.69, 9.17) is 0 Å². The van der Waals surface area contributed by atoms with E-state index in [1.807, 2.05) is 36.4 Å². The highest BCUT2D eigenvalue weighted by Crippen LogP contribution is 2.41. The van der Waals surface area contributed by atoms with Gasteiger partial charge in [0.25, 0.3) is 31.4 Å². The predicted molar refractivity (Wildman–Crippen MR) is 285 cm³/mol. The summed E-state index contributed by atoms with van der Waals surface area (Å²) in [6.07, 6.45) is 5.06. The average Bonchev–Trinajstić information content (AvgIpc) is 4.01. The molecular formula is C57H52N6O9S2. The molecule has 2 saturated heterocycles. The fourth-order valence-electron chi connectivity index (χ4n) is 10.5. The molecule has 2 aromatic heterocycles. The van der Waals surface area contributed by atoms with Crippen LogP contribution in [0, 0.1) is 32.1 Å². The average molecular weight is 1030 g/mol. The van der Waals surface area contributed by atoms with Crippen LogP contribution in [0.3, 0.4) is 0 Å². The number of ketones is 1. The van der Waals surface area contributed by atoms with E-state index < -0.39 is 35.7 Å². The number of carbonyl (C=O) groups is 1. The maximum atomic E-state index is 15.4. The molecular weight excluding hydrogens is 977 g/mol. The van der Waals surface area contributed by atoms with E-state index in [0.29, 0.717) is 76.1 Å². The van der Waals surface area contributed by atoms with Crippen LogP contribution in [0.5, 0.6) is 0 Å². The smallest absolute Gasteiger partial charge is 0.270 e. The van der Waals surface area contributed by atoms with Gasteiger partial charge >= 0.3 is 0 Å². The molecule has 0 unspecified atom stereocenters. The van der Waals surface area contributed by atoms with Crippen LogP contribution in [0.15, 0.2) is 192 Å². The Morgan fingerprint density at radius 2 is 0.824 bits per heavy atom. The van der Waals surface area contributed by atoms with E-state index in [1.54, 1.807) is 48.5 Å². The van der Waals surface area contributed by atoms with Gasteiger partial charge in [-0.15, -0.1) is 0 Å². The summed E-state index contributed by atoms with van der Waals surface area (Å²) in [4.78, 5) is 43.1. The van der Waals surface area contributed by atoms with Crippen LogP contribution < -0.4 is 0 Å². The predicted octanol–water partition coefficient (Wildman–Crippen LogP) is 10.7. The number of hydrogen-bond acceptors (Lipinski definition) is 11. The van der Waals surface area contributed by atoms with Gasteiger partial charge in [-0.1, -0.05) is 97.1 Å². The van der Waals surface area contributed by atoms with Gasteiger partial charge in [0, 0.05) is 48.1 Å². The molecule has 0 saturated carbocycles. The number of likely N-dealkylation sites (tertiary alicyclic amines) is 2. The topological polar surface area (TPSA) is 188 Å². The molecule has 0 aliphatic carbocycles. The lowest BCUT2D eigenvalue weighted by molar-refractivity contribution is -0.384. The first kappa shape index (κ1) is 49.7.